The van der Waals surface area contributed by atoms with Gasteiger partial charge in [0, 0.05) is 10.6 Å². The van der Waals surface area contributed by atoms with E-state index in [-0.39, 0.29) is 11.7 Å². The Bertz CT molecular complexity index is 715. The molecule has 1 unspecified atom stereocenters. The normalized spacial score (nSPS) is 17.0. The molecule has 1 heterocycles. The summed E-state index contributed by atoms with van der Waals surface area (Å²) in [7, 11) is 1.52. The zero-order valence-corrected chi connectivity index (χ0v) is 12.4. The highest BCUT2D eigenvalue weighted by Gasteiger charge is 2.37. The van der Waals surface area contributed by atoms with Crippen molar-refractivity contribution in [2.24, 2.45) is 0 Å². The second-order valence-corrected chi connectivity index (χ2v) is 5.56. The molecule has 3 rings (SSSR count). The van der Waals surface area contributed by atoms with E-state index in [2.05, 4.69) is 5.32 Å². The van der Waals surface area contributed by atoms with Crippen LogP contribution in [-0.4, -0.2) is 7.11 Å². The number of alkyl halides is 3. The molecule has 0 saturated heterocycles. The van der Waals surface area contributed by atoms with Gasteiger partial charge in [0.2, 0.25) is 0 Å². The minimum atomic E-state index is -4.38. The first-order chi connectivity index (χ1) is 10.4. The number of anilines is 1. The first kappa shape index (κ1) is 15.0. The van der Waals surface area contributed by atoms with Crippen LogP contribution in [0.25, 0.3) is 0 Å². The Labute approximate surface area is 130 Å². The average Bonchev–Trinajstić information content (AvgIpc) is 2.89. The SMILES string of the molecule is COc1ccc(Cl)cc1C1Cc2cccc(C(F)(F)F)c2N1. The summed E-state index contributed by atoms with van der Waals surface area (Å²) >= 11 is 6.00. The van der Waals surface area contributed by atoms with Crippen LogP contribution in [0.4, 0.5) is 18.9 Å². The van der Waals surface area contributed by atoms with E-state index in [9.17, 15) is 13.2 Å². The molecule has 1 atom stereocenters. The molecule has 1 N–H and O–H groups in total. The largest absolute Gasteiger partial charge is 0.496 e. The van der Waals surface area contributed by atoms with E-state index in [0.717, 1.165) is 11.6 Å². The quantitative estimate of drug-likeness (QED) is 0.830. The van der Waals surface area contributed by atoms with Gasteiger partial charge in [0.05, 0.1) is 24.4 Å². The second kappa shape index (κ2) is 5.39. The highest BCUT2D eigenvalue weighted by Crippen LogP contribution is 2.44. The summed E-state index contributed by atoms with van der Waals surface area (Å²) in [5.74, 6) is 0.600. The van der Waals surface area contributed by atoms with Crippen molar-refractivity contribution in [2.75, 3.05) is 12.4 Å². The van der Waals surface area contributed by atoms with Crippen molar-refractivity contribution in [1.82, 2.24) is 0 Å². The number of hydrogen-bond acceptors (Lipinski definition) is 2. The molecule has 0 amide bonds. The Morgan fingerprint density at radius 1 is 1.23 bits per heavy atom. The molecule has 2 nitrogen and oxygen atoms in total. The number of hydrogen-bond donors (Lipinski definition) is 1. The first-order valence-electron chi connectivity index (χ1n) is 6.69. The number of benzene rings is 2. The Balaban J connectivity index is 2.01. The maximum Gasteiger partial charge on any atom is 0.418 e. The predicted octanol–water partition coefficient (Wildman–Crippen LogP) is 5.08. The topological polar surface area (TPSA) is 21.3 Å². The zero-order valence-electron chi connectivity index (χ0n) is 11.7. The lowest BCUT2D eigenvalue weighted by Gasteiger charge is -2.17. The fourth-order valence-corrected chi connectivity index (χ4v) is 2.97. The molecular formula is C16H13ClF3NO. The number of para-hydroxylation sites is 1. The summed E-state index contributed by atoms with van der Waals surface area (Å²) in [6.45, 7) is 0. The highest BCUT2D eigenvalue weighted by molar-refractivity contribution is 6.30. The molecule has 0 radical (unpaired) electrons. The molecule has 1 aliphatic heterocycles. The molecule has 116 valence electrons. The number of rotatable bonds is 2. The lowest BCUT2D eigenvalue weighted by atomic mass is 10.0. The Kier molecular flexibility index (Phi) is 3.68. The van der Waals surface area contributed by atoms with Gasteiger partial charge in [0.1, 0.15) is 5.75 Å². The summed E-state index contributed by atoms with van der Waals surface area (Å²) < 4.78 is 44.6. The third-order valence-corrected chi connectivity index (χ3v) is 4.00. The Hall–Kier alpha value is -1.88. The molecule has 6 heteroatoms. The fourth-order valence-electron chi connectivity index (χ4n) is 2.79. The lowest BCUT2D eigenvalue weighted by molar-refractivity contribution is -0.136. The van der Waals surface area contributed by atoms with E-state index in [1.54, 1.807) is 24.3 Å². The van der Waals surface area contributed by atoms with Crippen LogP contribution in [0.1, 0.15) is 22.7 Å². The summed E-state index contributed by atoms with van der Waals surface area (Å²) in [5.41, 5.74) is 0.886. The number of ether oxygens (including phenoxy) is 1. The van der Waals surface area contributed by atoms with Crippen LogP contribution >= 0.6 is 11.6 Å². The number of methoxy groups -OCH3 is 1. The van der Waals surface area contributed by atoms with E-state index < -0.39 is 11.7 Å². The van der Waals surface area contributed by atoms with Crippen molar-refractivity contribution < 1.29 is 17.9 Å². The number of halogens is 4. The third kappa shape index (κ3) is 2.61. The maximum atomic E-state index is 13.1. The lowest BCUT2D eigenvalue weighted by Crippen LogP contribution is -2.11. The molecule has 22 heavy (non-hydrogen) atoms. The smallest absolute Gasteiger partial charge is 0.418 e. The minimum absolute atomic E-state index is 0.141. The van der Waals surface area contributed by atoms with E-state index in [4.69, 9.17) is 16.3 Å². The highest BCUT2D eigenvalue weighted by atomic mass is 35.5. The van der Waals surface area contributed by atoms with Crippen LogP contribution in [0, 0.1) is 0 Å². The summed E-state index contributed by atoms with van der Waals surface area (Å²) in [5, 5.41) is 3.49. The zero-order chi connectivity index (χ0) is 15.9. The molecule has 2 aromatic rings. The summed E-state index contributed by atoms with van der Waals surface area (Å²) in [4.78, 5) is 0. The average molecular weight is 328 g/mol. The first-order valence-corrected chi connectivity index (χ1v) is 7.07. The van der Waals surface area contributed by atoms with Crippen LogP contribution in [0.3, 0.4) is 0 Å². The van der Waals surface area contributed by atoms with Gasteiger partial charge in [0.15, 0.2) is 0 Å². The van der Waals surface area contributed by atoms with Gasteiger partial charge < -0.3 is 10.1 Å². The van der Waals surface area contributed by atoms with Crippen molar-refractivity contribution in [2.45, 2.75) is 18.6 Å². The Morgan fingerprint density at radius 2 is 2.00 bits per heavy atom. The summed E-state index contributed by atoms with van der Waals surface area (Å²) in [6.07, 6.45) is -3.93. The molecule has 1 aliphatic rings. The van der Waals surface area contributed by atoms with Gasteiger partial charge in [-0.2, -0.15) is 13.2 Å². The van der Waals surface area contributed by atoms with Crippen LogP contribution < -0.4 is 10.1 Å². The molecule has 0 bridgehead atoms. The van der Waals surface area contributed by atoms with Crippen molar-refractivity contribution in [3.05, 3.63) is 58.1 Å². The van der Waals surface area contributed by atoms with E-state index in [1.807, 2.05) is 0 Å². The predicted molar refractivity (Wildman–Crippen MR) is 79.5 cm³/mol. The Morgan fingerprint density at radius 3 is 2.68 bits per heavy atom. The fraction of sp³-hybridized carbons (Fsp3) is 0.250. The van der Waals surface area contributed by atoms with Crippen molar-refractivity contribution in [1.29, 1.82) is 0 Å². The van der Waals surface area contributed by atoms with Crippen LogP contribution in [0.2, 0.25) is 5.02 Å². The molecule has 0 saturated carbocycles. The van der Waals surface area contributed by atoms with Gasteiger partial charge >= 0.3 is 6.18 Å². The second-order valence-electron chi connectivity index (χ2n) is 5.12. The number of fused-ring (bicyclic) bond motifs is 1. The van der Waals surface area contributed by atoms with Gasteiger partial charge in [-0.3, -0.25) is 0 Å². The van der Waals surface area contributed by atoms with Crippen molar-refractivity contribution in [3.63, 3.8) is 0 Å². The number of nitrogens with one attached hydrogen (secondary N) is 1. The van der Waals surface area contributed by atoms with E-state index in [0.29, 0.717) is 22.8 Å². The molecule has 0 aliphatic carbocycles. The van der Waals surface area contributed by atoms with Gasteiger partial charge in [-0.15, -0.1) is 0 Å². The van der Waals surface area contributed by atoms with Gasteiger partial charge in [0.25, 0.3) is 0 Å². The van der Waals surface area contributed by atoms with Crippen LogP contribution in [0.15, 0.2) is 36.4 Å². The van der Waals surface area contributed by atoms with Crippen molar-refractivity contribution >= 4 is 17.3 Å². The molecular weight excluding hydrogens is 315 g/mol. The van der Waals surface area contributed by atoms with Crippen molar-refractivity contribution in [3.8, 4) is 5.75 Å². The monoisotopic (exact) mass is 327 g/mol. The standard InChI is InChI=1S/C16H13ClF3NO/c1-22-14-6-5-10(17)8-11(14)13-7-9-3-2-4-12(15(9)21-13)16(18,19)20/h2-6,8,13,21H,7H2,1H3. The van der Waals surface area contributed by atoms with Crippen LogP contribution in [-0.2, 0) is 12.6 Å². The summed E-state index contributed by atoms with van der Waals surface area (Å²) in [6, 6.07) is 9.04. The van der Waals surface area contributed by atoms with Gasteiger partial charge in [-0.1, -0.05) is 23.7 Å². The molecule has 0 spiro atoms. The van der Waals surface area contributed by atoms with E-state index >= 15 is 0 Å². The van der Waals surface area contributed by atoms with E-state index in [1.165, 1.54) is 13.2 Å². The maximum absolute atomic E-state index is 13.1. The third-order valence-electron chi connectivity index (χ3n) is 3.77. The molecule has 0 aromatic heterocycles. The van der Waals surface area contributed by atoms with Gasteiger partial charge in [-0.05, 0) is 36.2 Å². The molecule has 2 aromatic carbocycles. The van der Waals surface area contributed by atoms with Crippen LogP contribution in [0.5, 0.6) is 5.75 Å². The minimum Gasteiger partial charge on any atom is -0.496 e. The van der Waals surface area contributed by atoms with Gasteiger partial charge in [-0.25, -0.2) is 0 Å². The molecule has 0 fully saturated rings.